The minimum atomic E-state index is 0.583. The second-order valence-corrected chi connectivity index (χ2v) is 5.02. The molecule has 0 saturated heterocycles. The van der Waals surface area contributed by atoms with Gasteiger partial charge in [-0.05, 0) is 30.3 Å². The van der Waals surface area contributed by atoms with E-state index in [1.54, 1.807) is 12.5 Å². The number of fused-ring (bicyclic) bond motifs is 2. The Hall–Kier alpha value is -2.40. The summed E-state index contributed by atoms with van der Waals surface area (Å²) >= 11 is 1.47. The molecule has 0 spiro atoms. The summed E-state index contributed by atoms with van der Waals surface area (Å²) in [6.45, 7) is 0. The summed E-state index contributed by atoms with van der Waals surface area (Å²) in [5, 5.41) is 1.64. The fourth-order valence-electron chi connectivity index (χ4n) is 1.89. The quantitative estimate of drug-likeness (QED) is 0.546. The van der Waals surface area contributed by atoms with Gasteiger partial charge in [0.2, 0.25) is 0 Å². The summed E-state index contributed by atoms with van der Waals surface area (Å²) in [6.07, 6.45) is 3.39. The zero-order chi connectivity index (χ0) is 12.7. The first-order valence-corrected chi connectivity index (χ1v) is 6.57. The van der Waals surface area contributed by atoms with Gasteiger partial charge in [0.15, 0.2) is 5.65 Å². The minimum Gasteiger partial charge on any atom is -0.464 e. The van der Waals surface area contributed by atoms with Gasteiger partial charge in [-0.3, -0.25) is 0 Å². The van der Waals surface area contributed by atoms with Crippen molar-refractivity contribution in [3.63, 3.8) is 0 Å². The number of aromatic nitrogens is 2. The van der Waals surface area contributed by atoms with Gasteiger partial charge in [0, 0.05) is 17.6 Å². The third kappa shape index (κ3) is 1.84. The van der Waals surface area contributed by atoms with Crippen LogP contribution in [-0.2, 0) is 0 Å². The predicted molar refractivity (Wildman–Crippen MR) is 73.7 cm³/mol. The third-order valence-corrected chi connectivity index (χ3v) is 3.67. The van der Waals surface area contributed by atoms with Crippen LogP contribution in [0, 0.1) is 0 Å². The van der Waals surface area contributed by atoms with Crippen LogP contribution in [0.2, 0.25) is 0 Å². The van der Waals surface area contributed by atoms with Crippen LogP contribution in [0.1, 0.15) is 0 Å². The average molecular weight is 268 g/mol. The van der Waals surface area contributed by atoms with E-state index >= 15 is 0 Å². The Kier molecular flexibility index (Phi) is 2.25. The summed E-state index contributed by atoms with van der Waals surface area (Å²) < 4.78 is 12.1. The van der Waals surface area contributed by atoms with Crippen molar-refractivity contribution in [2.45, 2.75) is 0 Å². The topological polar surface area (TPSA) is 48.2 Å². The number of rotatable bonds is 2. The van der Waals surface area contributed by atoms with E-state index < -0.39 is 0 Å². The van der Waals surface area contributed by atoms with Crippen molar-refractivity contribution in [1.82, 2.24) is 9.97 Å². The molecule has 0 aliphatic heterocycles. The Morgan fingerprint density at radius 2 is 2.16 bits per heavy atom. The lowest BCUT2D eigenvalue weighted by Crippen LogP contribution is -1.82. The van der Waals surface area contributed by atoms with Gasteiger partial charge < -0.3 is 9.15 Å². The van der Waals surface area contributed by atoms with E-state index in [1.807, 2.05) is 36.4 Å². The van der Waals surface area contributed by atoms with Gasteiger partial charge in [0.1, 0.15) is 11.3 Å². The van der Waals surface area contributed by atoms with Crippen molar-refractivity contribution in [3.8, 4) is 10.9 Å². The van der Waals surface area contributed by atoms with Gasteiger partial charge in [0.25, 0.3) is 5.19 Å². The smallest absolute Gasteiger partial charge is 0.281 e. The van der Waals surface area contributed by atoms with E-state index in [0.29, 0.717) is 16.6 Å². The van der Waals surface area contributed by atoms with Gasteiger partial charge in [-0.2, -0.15) is 4.98 Å². The number of ether oxygens (including phenoxy) is 1. The second kappa shape index (κ2) is 4.07. The lowest BCUT2D eigenvalue weighted by Gasteiger charge is -2.00. The molecule has 0 fully saturated rings. The molecule has 0 saturated carbocycles. The molecule has 5 heteroatoms. The predicted octanol–water partition coefficient (Wildman–Crippen LogP) is 4.23. The zero-order valence-corrected chi connectivity index (χ0v) is 10.6. The number of hydrogen-bond acceptors (Lipinski definition) is 5. The van der Waals surface area contributed by atoms with Crippen LogP contribution < -0.4 is 4.74 Å². The minimum absolute atomic E-state index is 0.583. The van der Waals surface area contributed by atoms with Crippen molar-refractivity contribution in [1.29, 1.82) is 0 Å². The lowest BCUT2D eigenvalue weighted by atomic mass is 10.2. The van der Waals surface area contributed by atoms with Crippen LogP contribution in [-0.4, -0.2) is 9.97 Å². The number of hydrogen-bond donors (Lipinski definition) is 0. The Balaban J connectivity index is 1.72. The second-order valence-electron chi connectivity index (χ2n) is 4.03. The Morgan fingerprint density at radius 1 is 1.16 bits per heavy atom. The van der Waals surface area contributed by atoms with Gasteiger partial charge in [-0.25, -0.2) is 4.98 Å². The fraction of sp³-hybridized carbons (Fsp3) is 0. The van der Waals surface area contributed by atoms with Crippen molar-refractivity contribution in [3.05, 3.63) is 48.9 Å². The molecule has 0 aliphatic rings. The Morgan fingerprint density at radius 3 is 3.11 bits per heavy atom. The summed E-state index contributed by atoms with van der Waals surface area (Å²) in [7, 11) is 0. The number of thiazole rings is 1. The zero-order valence-electron chi connectivity index (χ0n) is 9.74. The SMILES string of the molecule is c1cnc2nc(Oc3ccc4ccoc4c3)sc2c1. The average Bonchev–Trinajstić information content (AvgIpc) is 3.03. The molecule has 0 radical (unpaired) electrons. The number of pyridine rings is 1. The molecule has 19 heavy (non-hydrogen) atoms. The Bertz CT molecular complexity index is 833. The van der Waals surface area contributed by atoms with Crippen LogP contribution >= 0.6 is 11.3 Å². The molecule has 4 rings (SSSR count). The van der Waals surface area contributed by atoms with E-state index in [9.17, 15) is 0 Å². The molecule has 3 aromatic heterocycles. The standard InChI is InChI=1S/C14H8N2O2S/c1-2-12-13(15-6-1)16-14(19-12)18-10-4-3-9-5-7-17-11(9)8-10/h1-8H. The highest BCUT2D eigenvalue weighted by molar-refractivity contribution is 7.20. The fourth-order valence-corrected chi connectivity index (χ4v) is 2.69. The van der Waals surface area contributed by atoms with Crippen LogP contribution in [0.5, 0.6) is 10.9 Å². The largest absolute Gasteiger partial charge is 0.464 e. The van der Waals surface area contributed by atoms with Crippen molar-refractivity contribution in [2.75, 3.05) is 0 Å². The normalized spacial score (nSPS) is 11.2. The summed E-state index contributed by atoms with van der Waals surface area (Å²) in [6, 6.07) is 11.5. The van der Waals surface area contributed by atoms with Crippen LogP contribution in [0.4, 0.5) is 0 Å². The van der Waals surface area contributed by atoms with Gasteiger partial charge in [-0.15, -0.1) is 0 Å². The summed E-state index contributed by atoms with van der Waals surface area (Å²) in [5.74, 6) is 0.710. The lowest BCUT2D eigenvalue weighted by molar-refractivity contribution is 0.479. The monoisotopic (exact) mass is 268 g/mol. The molecule has 0 atom stereocenters. The van der Waals surface area contributed by atoms with Gasteiger partial charge >= 0.3 is 0 Å². The first-order chi connectivity index (χ1) is 9.38. The van der Waals surface area contributed by atoms with Gasteiger partial charge in [-0.1, -0.05) is 11.3 Å². The molecule has 1 aromatic carbocycles. The van der Waals surface area contributed by atoms with E-state index in [2.05, 4.69) is 9.97 Å². The molecular formula is C14H8N2O2S. The molecule has 3 heterocycles. The van der Waals surface area contributed by atoms with Crippen molar-refractivity contribution in [2.24, 2.45) is 0 Å². The molecule has 4 aromatic rings. The molecule has 0 N–H and O–H groups in total. The maximum Gasteiger partial charge on any atom is 0.281 e. The molecule has 4 nitrogen and oxygen atoms in total. The molecule has 0 amide bonds. The van der Waals surface area contributed by atoms with Crippen LogP contribution in [0.25, 0.3) is 21.3 Å². The molecule has 0 bridgehead atoms. The third-order valence-electron chi connectivity index (χ3n) is 2.78. The number of nitrogens with zero attached hydrogens (tertiary/aromatic N) is 2. The van der Waals surface area contributed by atoms with E-state index in [4.69, 9.17) is 9.15 Å². The Labute approximate surface area is 112 Å². The molecule has 0 unspecified atom stereocenters. The highest BCUT2D eigenvalue weighted by Crippen LogP contribution is 2.31. The van der Waals surface area contributed by atoms with Crippen LogP contribution in [0.15, 0.2) is 53.3 Å². The van der Waals surface area contributed by atoms with Gasteiger partial charge in [0.05, 0.1) is 11.0 Å². The van der Waals surface area contributed by atoms with Crippen LogP contribution in [0.3, 0.4) is 0 Å². The maximum absolute atomic E-state index is 5.75. The first-order valence-electron chi connectivity index (χ1n) is 5.75. The highest BCUT2D eigenvalue weighted by Gasteiger charge is 2.07. The number of benzene rings is 1. The molecular weight excluding hydrogens is 260 g/mol. The highest BCUT2D eigenvalue weighted by atomic mass is 32.1. The van der Waals surface area contributed by atoms with E-state index in [-0.39, 0.29) is 0 Å². The summed E-state index contributed by atoms with van der Waals surface area (Å²) in [4.78, 5) is 8.52. The van der Waals surface area contributed by atoms with Crippen molar-refractivity contribution >= 4 is 32.7 Å². The summed E-state index contributed by atoms with van der Waals surface area (Å²) in [5.41, 5.74) is 1.51. The van der Waals surface area contributed by atoms with Crippen molar-refractivity contribution < 1.29 is 9.15 Å². The molecule has 0 aliphatic carbocycles. The first kappa shape index (κ1) is 10.5. The van der Waals surface area contributed by atoms with E-state index in [1.165, 1.54) is 11.3 Å². The molecule has 92 valence electrons. The van der Waals surface area contributed by atoms with E-state index in [0.717, 1.165) is 15.7 Å². The maximum atomic E-state index is 5.75. The number of furan rings is 1.